The lowest BCUT2D eigenvalue weighted by molar-refractivity contribution is 0.729. The van der Waals surface area contributed by atoms with Crippen molar-refractivity contribution >= 4 is 23.1 Å². The lowest BCUT2D eigenvalue weighted by atomic mass is 10.1. The van der Waals surface area contributed by atoms with Crippen molar-refractivity contribution in [3.05, 3.63) is 53.2 Å². The first-order valence-corrected chi connectivity index (χ1v) is 6.15. The van der Waals surface area contributed by atoms with Gasteiger partial charge in [0.2, 0.25) is 0 Å². The van der Waals surface area contributed by atoms with Gasteiger partial charge in [-0.25, -0.2) is 4.98 Å². The molecule has 0 radical (unpaired) electrons. The Hall–Kier alpha value is -1.74. The third-order valence-corrected chi connectivity index (χ3v) is 3.32. The number of hydrogen-bond donors (Lipinski definition) is 1. The average Bonchev–Trinajstić information content (AvgIpc) is 2.38. The van der Waals surface area contributed by atoms with Crippen LogP contribution in [0.1, 0.15) is 18.5 Å². The summed E-state index contributed by atoms with van der Waals surface area (Å²) < 4.78 is 0. The molecule has 0 aliphatic carbocycles. The van der Waals surface area contributed by atoms with Gasteiger partial charge in [0.15, 0.2) is 0 Å². The number of nitrogens with two attached hydrogens (primary N) is 1. The predicted octanol–water partition coefficient (Wildman–Crippen LogP) is 3.51. The predicted molar refractivity (Wildman–Crippen MR) is 76.9 cm³/mol. The molecule has 0 fully saturated rings. The summed E-state index contributed by atoms with van der Waals surface area (Å²) in [5, 5.41) is 0.746. The zero-order chi connectivity index (χ0) is 13.1. The van der Waals surface area contributed by atoms with Crippen molar-refractivity contribution in [3.8, 4) is 0 Å². The molecule has 0 bridgehead atoms. The van der Waals surface area contributed by atoms with E-state index in [2.05, 4.69) is 16.8 Å². The summed E-state index contributed by atoms with van der Waals surface area (Å²) in [4.78, 5) is 6.41. The van der Waals surface area contributed by atoms with Crippen molar-refractivity contribution in [2.24, 2.45) is 0 Å². The summed E-state index contributed by atoms with van der Waals surface area (Å²) in [6.45, 7) is 2.12. The van der Waals surface area contributed by atoms with Crippen molar-refractivity contribution in [1.29, 1.82) is 0 Å². The molecule has 0 saturated carbocycles. The Morgan fingerprint density at radius 2 is 1.89 bits per heavy atom. The van der Waals surface area contributed by atoms with E-state index in [1.807, 2.05) is 37.4 Å². The van der Waals surface area contributed by atoms with Crippen LogP contribution in [0.25, 0.3) is 0 Å². The topological polar surface area (TPSA) is 42.1 Å². The van der Waals surface area contributed by atoms with Gasteiger partial charge in [0.05, 0.1) is 6.04 Å². The SMILES string of the molecule is CC(c1ccc(Cl)cc1)N(C)c1cc(N)ccn1. The van der Waals surface area contributed by atoms with E-state index in [9.17, 15) is 0 Å². The van der Waals surface area contributed by atoms with E-state index in [1.165, 1.54) is 5.56 Å². The second-order valence-electron chi connectivity index (χ2n) is 4.29. The highest BCUT2D eigenvalue weighted by Crippen LogP contribution is 2.25. The molecule has 1 heterocycles. The molecule has 1 unspecified atom stereocenters. The van der Waals surface area contributed by atoms with Crippen LogP contribution in [0.3, 0.4) is 0 Å². The maximum Gasteiger partial charge on any atom is 0.130 e. The van der Waals surface area contributed by atoms with E-state index in [0.29, 0.717) is 0 Å². The van der Waals surface area contributed by atoms with Crippen molar-refractivity contribution in [3.63, 3.8) is 0 Å². The average molecular weight is 262 g/mol. The molecule has 1 aromatic carbocycles. The van der Waals surface area contributed by atoms with Gasteiger partial charge in [-0.1, -0.05) is 23.7 Å². The number of pyridine rings is 1. The molecule has 4 heteroatoms. The van der Waals surface area contributed by atoms with Gasteiger partial charge >= 0.3 is 0 Å². The first kappa shape index (κ1) is 12.7. The molecule has 2 N–H and O–H groups in total. The van der Waals surface area contributed by atoms with Crippen LogP contribution in [0.5, 0.6) is 0 Å². The number of halogens is 1. The molecule has 0 aliphatic heterocycles. The fourth-order valence-electron chi connectivity index (χ4n) is 1.79. The highest BCUT2D eigenvalue weighted by molar-refractivity contribution is 6.30. The van der Waals surface area contributed by atoms with Gasteiger partial charge < -0.3 is 10.6 Å². The normalized spacial score (nSPS) is 12.2. The van der Waals surface area contributed by atoms with E-state index in [-0.39, 0.29) is 6.04 Å². The quantitative estimate of drug-likeness (QED) is 0.919. The molecule has 0 saturated heterocycles. The zero-order valence-corrected chi connectivity index (χ0v) is 11.2. The minimum absolute atomic E-state index is 0.205. The van der Waals surface area contributed by atoms with Crippen LogP contribution in [0.15, 0.2) is 42.6 Å². The summed E-state index contributed by atoms with van der Waals surface area (Å²) in [6.07, 6.45) is 1.72. The monoisotopic (exact) mass is 261 g/mol. The van der Waals surface area contributed by atoms with Gasteiger partial charge in [0.25, 0.3) is 0 Å². The highest BCUT2D eigenvalue weighted by Gasteiger charge is 2.13. The minimum atomic E-state index is 0.205. The van der Waals surface area contributed by atoms with Gasteiger partial charge in [0.1, 0.15) is 5.82 Å². The number of nitrogen functional groups attached to an aromatic ring is 1. The van der Waals surface area contributed by atoms with Crippen LogP contribution in [-0.2, 0) is 0 Å². The third kappa shape index (κ3) is 2.74. The number of hydrogen-bond acceptors (Lipinski definition) is 3. The number of benzene rings is 1. The Balaban J connectivity index is 2.23. The molecule has 0 amide bonds. The van der Waals surface area contributed by atoms with E-state index in [4.69, 9.17) is 17.3 Å². The maximum atomic E-state index is 5.89. The maximum absolute atomic E-state index is 5.89. The number of rotatable bonds is 3. The summed E-state index contributed by atoms with van der Waals surface area (Å²) in [5.41, 5.74) is 7.67. The van der Waals surface area contributed by atoms with Crippen LogP contribution >= 0.6 is 11.6 Å². The Kier molecular flexibility index (Phi) is 3.72. The van der Waals surface area contributed by atoms with Crippen LogP contribution in [0.2, 0.25) is 5.02 Å². The van der Waals surface area contributed by atoms with E-state index >= 15 is 0 Å². The molecular weight excluding hydrogens is 246 g/mol. The van der Waals surface area contributed by atoms with Crippen LogP contribution in [-0.4, -0.2) is 12.0 Å². The molecular formula is C14H16ClN3. The minimum Gasteiger partial charge on any atom is -0.399 e. The Bertz CT molecular complexity index is 525. The highest BCUT2D eigenvalue weighted by atomic mass is 35.5. The van der Waals surface area contributed by atoms with Crippen LogP contribution in [0.4, 0.5) is 11.5 Å². The number of aromatic nitrogens is 1. The molecule has 1 aromatic heterocycles. The number of anilines is 2. The summed E-state index contributed by atoms with van der Waals surface area (Å²) in [7, 11) is 2.00. The smallest absolute Gasteiger partial charge is 0.130 e. The number of nitrogens with zero attached hydrogens (tertiary/aromatic N) is 2. The molecule has 18 heavy (non-hydrogen) atoms. The van der Waals surface area contributed by atoms with E-state index in [1.54, 1.807) is 12.3 Å². The fraction of sp³-hybridized carbons (Fsp3) is 0.214. The standard InChI is InChI=1S/C14H16ClN3/c1-10(11-3-5-12(15)6-4-11)18(2)14-9-13(16)7-8-17-14/h3-10H,1-2H3,(H2,16,17). The Morgan fingerprint density at radius 3 is 2.50 bits per heavy atom. The van der Waals surface area contributed by atoms with Crippen molar-refractivity contribution in [2.45, 2.75) is 13.0 Å². The van der Waals surface area contributed by atoms with Gasteiger partial charge in [-0.05, 0) is 30.7 Å². The molecule has 94 valence electrons. The van der Waals surface area contributed by atoms with Crippen LogP contribution < -0.4 is 10.6 Å². The largest absolute Gasteiger partial charge is 0.399 e. The fourth-order valence-corrected chi connectivity index (χ4v) is 1.92. The molecule has 2 aromatic rings. The summed E-state index contributed by atoms with van der Waals surface area (Å²) >= 11 is 5.89. The second kappa shape index (κ2) is 5.27. The zero-order valence-electron chi connectivity index (χ0n) is 10.5. The lowest BCUT2D eigenvalue weighted by Crippen LogP contribution is -2.22. The van der Waals surface area contributed by atoms with Crippen molar-refractivity contribution in [2.75, 3.05) is 17.7 Å². The van der Waals surface area contributed by atoms with Gasteiger partial charge in [-0.3, -0.25) is 0 Å². The van der Waals surface area contributed by atoms with E-state index < -0.39 is 0 Å². The second-order valence-corrected chi connectivity index (χ2v) is 4.72. The van der Waals surface area contributed by atoms with E-state index in [0.717, 1.165) is 16.5 Å². The van der Waals surface area contributed by atoms with Crippen molar-refractivity contribution in [1.82, 2.24) is 4.98 Å². The van der Waals surface area contributed by atoms with Crippen molar-refractivity contribution < 1.29 is 0 Å². The molecule has 0 aliphatic rings. The molecule has 3 nitrogen and oxygen atoms in total. The van der Waals surface area contributed by atoms with Gasteiger partial charge in [-0.2, -0.15) is 0 Å². The Labute approximate surface area is 112 Å². The first-order chi connectivity index (χ1) is 8.58. The third-order valence-electron chi connectivity index (χ3n) is 3.06. The van der Waals surface area contributed by atoms with Gasteiger partial charge in [0, 0.05) is 30.0 Å². The molecule has 2 rings (SSSR count). The van der Waals surface area contributed by atoms with Gasteiger partial charge in [-0.15, -0.1) is 0 Å². The molecule has 1 atom stereocenters. The van der Waals surface area contributed by atoms with Crippen LogP contribution in [0, 0.1) is 0 Å². The summed E-state index contributed by atoms with van der Waals surface area (Å²) in [6, 6.07) is 11.7. The molecule has 0 spiro atoms. The lowest BCUT2D eigenvalue weighted by Gasteiger charge is -2.26. The Morgan fingerprint density at radius 1 is 1.22 bits per heavy atom. The summed E-state index contributed by atoms with van der Waals surface area (Å²) in [5.74, 6) is 0.859. The first-order valence-electron chi connectivity index (χ1n) is 5.78.